The van der Waals surface area contributed by atoms with Gasteiger partial charge in [-0.25, -0.2) is 4.79 Å². The molecular formula is C17H31N3O. The molecule has 0 spiro atoms. The molecule has 0 aliphatic carbocycles. The lowest BCUT2D eigenvalue weighted by atomic mass is 10.1. The topological polar surface area (TPSA) is 67.2 Å². The number of rotatable bonds is 7. The van der Waals surface area contributed by atoms with E-state index in [9.17, 15) is 4.79 Å². The molecule has 21 heavy (non-hydrogen) atoms. The first kappa shape index (κ1) is 19.4. The number of hydrogen-bond donors (Lipinski definition) is 3. The van der Waals surface area contributed by atoms with Gasteiger partial charge >= 0.3 is 6.03 Å². The van der Waals surface area contributed by atoms with Gasteiger partial charge in [0.2, 0.25) is 0 Å². The van der Waals surface area contributed by atoms with Crippen molar-refractivity contribution < 1.29 is 4.79 Å². The summed E-state index contributed by atoms with van der Waals surface area (Å²) in [6, 6.07) is 7.84. The van der Waals surface area contributed by atoms with Crippen LogP contribution in [-0.2, 0) is 6.42 Å². The van der Waals surface area contributed by atoms with Crippen LogP contribution < -0.4 is 16.4 Å². The summed E-state index contributed by atoms with van der Waals surface area (Å²) in [4.78, 5) is 11.1. The molecule has 120 valence electrons. The molecule has 2 amide bonds. The molecule has 0 aromatic heterocycles. The minimum atomic E-state index is -0.175. The molecule has 0 heterocycles. The summed E-state index contributed by atoms with van der Waals surface area (Å²) in [5.74, 6) is 0. The third-order valence-electron chi connectivity index (χ3n) is 3.04. The maximum Gasteiger partial charge on any atom is 0.318 e. The van der Waals surface area contributed by atoms with E-state index in [1.807, 2.05) is 18.2 Å². The molecule has 4 N–H and O–H groups in total. The molecule has 0 unspecified atom stereocenters. The van der Waals surface area contributed by atoms with E-state index in [0.29, 0.717) is 0 Å². The lowest BCUT2D eigenvalue weighted by Crippen LogP contribution is -2.24. The number of nitrogens with one attached hydrogen (secondary N) is 2. The second-order valence-electron chi connectivity index (χ2n) is 5.00. The standard InChI is InChI=1S/C13H20N2O.C4H11N/c1-3-4-5-7-11-8-6-9-12(10-11)15-13(16)14-2;1-2-3-4-5/h6,8-10H,3-5,7H2,1-2H3,(H2,14,15,16);2-5H2,1H3. The molecule has 0 bridgehead atoms. The number of benzene rings is 1. The fourth-order valence-corrected chi connectivity index (χ4v) is 1.78. The van der Waals surface area contributed by atoms with Crippen LogP contribution in [0.3, 0.4) is 0 Å². The normalized spacial score (nSPS) is 9.52. The molecule has 0 atom stereocenters. The average molecular weight is 293 g/mol. The van der Waals surface area contributed by atoms with E-state index in [2.05, 4.69) is 30.5 Å². The first-order chi connectivity index (χ1) is 10.2. The van der Waals surface area contributed by atoms with E-state index in [-0.39, 0.29) is 6.03 Å². The van der Waals surface area contributed by atoms with Crippen molar-refractivity contribution in [2.75, 3.05) is 18.9 Å². The van der Waals surface area contributed by atoms with Gasteiger partial charge in [0.05, 0.1) is 0 Å². The lowest BCUT2D eigenvalue weighted by Gasteiger charge is -2.06. The van der Waals surface area contributed by atoms with Crippen molar-refractivity contribution in [1.82, 2.24) is 5.32 Å². The Morgan fingerprint density at radius 2 is 1.86 bits per heavy atom. The van der Waals surface area contributed by atoms with Gasteiger partial charge in [-0.15, -0.1) is 0 Å². The second-order valence-corrected chi connectivity index (χ2v) is 5.00. The Morgan fingerprint density at radius 1 is 1.14 bits per heavy atom. The van der Waals surface area contributed by atoms with E-state index >= 15 is 0 Å². The number of carbonyl (C=O) groups excluding carboxylic acids is 1. The largest absolute Gasteiger partial charge is 0.341 e. The fraction of sp³-hybridized carbons (Fsp3) is 0.588. The molecule has 4 heteroatoms. The Balaban J connectivity index is 0.000000690. The molecule has 0 aliphatic rings. The van der Waals surface area contributed by atoms with Gasteiger partial charge < -0.3 is 16.4 Å². The van der Waals surface area contributed by atoms with E-state index in [0.717, 1.165) is 18.7 Å². The monoisotopic (exact) mass is 293 g/mol. The Morgan fingerprint density at radius 3 is 2.38 bits per heavy atom. The van der Waals surface area contributed by atoms with Crippen LogP contribution in [0.15, 0.2) is 24.3 Å². The molecular weight excluding hydrogens is 262 g/mol. The Bertz CT molecular complexity index is 378. The molecule has 0 saturated carbocycles. The summed E-state index contributed by atoms with van der Waals surface area (Å²) >= 11 is 0. The summed E-state index contributed by atoms with van der Waals surface area (Å²) in [6.45, 7) is 5.17. The third kappa shape index (κ3) is 10.9. The predicted octanol–water partition coefficient (Wildman–Crippen LogP) is 3.92. The Labute approximate surface area is 129 Å². The van der Waals surface area contributed by atoms with E-state index < -0.39 is 0 Å². The van der Waals surface area contributed by atoms with Crippen LogP contribution in [0.25, 0.3) is 0 Å². The van der Waals surface area contributed by atoms with E-state index in [1.165, 1.54) is 37.7 Å². The predicted molar refractivity (Wildman–Crippen MR) is 91.7 cm³/mol. The first-order valence-corrected chi connectivity index (χ1v) is 7.95. The van der Waals surface area contributed by atoms with Crippen LogP contribution in [0.1, 0.15) is 51.5 Å². The smallest absolute Gasteiger partial charge is 0.318 e. The van der Waals surface area contributed by atoms with Crippen LogP contribution in [-0.4, -0.2) is 19.6 Å². The summed E-state index contributed by atoms with van der Waals surface area (Å²) in [6.07, 6.45) is 7.16. The van der Waals surface area contributed by atoms with Crippen LogP contribution in [0.4, 0.5) is 10.5 Å². The third-order valence-corrected chi connectivity index (χ3v) is 3.04. The van der Waals surface area contributed by atoms with Gasteiger partial charge in [-0.1, -0.05) is 45.2 Å². The zero-order chi connectivity index (χ0) is 15.9. The highest BCUT2D eigenvalue weighted by atomic mass is 16.2. The SMILES string of the molecule is CCCCCc1cccc(NC(=O)NC)c1.CCCCN. The van der Waals surface area contributed by atoms with E-state index in [1.54, 1.807) is 7.05 Å². The van der Waals surface area contributed by atoms with Crippen molar-refractivity contribution in [3.8, 4) is 0 Å². The number of unbranched alkanes of at least 4 members (excludes halogenated alkanes) is 3. The van der Waals surface area contributed by atoms with Gasteiger partial charge in [0.25, 0.3) is 0 Å². The minimum Gasteiger partial charge on any atom is -0.341 e. The highest BCUT2D eigenvalue weighted by molar-refractivity contribution is 5.89. The number of urea groups is 1. The maximum atomic E-state index is 11.1. The van der Waals surface area contributed by atoms with Crippen molar-refractivity contribution in [3.63, 3.8) is 0 Å². The summed E-state index contributed by atoms with van der Waals surface area (Å²) in [5.41, 5.74) is 7.27. The number of anilines is 1. The number of nitrogens with two attached hydrogens (primary N) is 1. The zero-order valence-corrected chi connectivity index (χ0v) is 13.7. The van der Waals surface area contributed by atoms with Crippen molar-refractivity contribution in [3.05, 3.63) is 29.8 Å². The minimum absolute atomic E-state index is 0.175. The number of amides is 2. The van der Waals surface area contributed by atoms with Gasteiger partial charge in [0.1, 0.15) is 0 Å². The lowest BCUT2D eigenvalue weighted by molar-refractivity contribution is 0.254. The van der Waals surface area contributed by atoms with Gasteiger partial charge in [-0.05, 0) is 43.5 Å². The quantitative estimate of drug-likeness (QED) is 0.667. The van der Waals surface area contributed by atoms with Crippen LogP contribution in [0, 0.1) is 0 Å². The fourth-order valence-electron chi connectivity index (χ4n) is 1.78. The summed E-state index contributed by atoms with van der Waals surface area (Å²) in [5, 5.41) is 5.31. The molecule has 0 radical (unpaired) electrons. The zero-order valence-electron chi connectivity index (χ0n) is 13.7. The first-order valence-electron chi connectivity index (χ1n) is 7.95. The molecule has 1 aromatic rings. The highest BCUT2D eigenvalue weighted by Crippen LogP contribution is 2.13. The van der Waals surface area contributed by atoms with Gasteiger partial charge in [0, 0.05) is 12.7 Å². The number of hydrogen-bond acceptors (Lipinski definition) is 2. The second kappa shape index (κ2) is 13.4. The molecule has 4 nitrogen and oxygen atoms in total. The number of aryl methyl sites for hydroxylation is 1. The molecule has 0 aliphatic heterocycles. The van der Waals surface area contributed by atoms with Gasteiger partial charge in [-0.2, -0.15) is 0 Å². The van der Waals surface area contributed by atoms with Crippen LogP contribution in [0.5, 0.6) is 0 Å². The maximum absolute atomic E-state index is 11.1. The molecule has 0 fully saturated rings. The molecule has 1 rings (SSSR count). The number of carbonyl (C=O) groups is 1. The molecule has 1 aromatic carbocycles. The van der Waals surface area contributed by atoms with Crippen molar-refractivity contribution in [1.29, 1.82) is 0 Å². The van der Waals surface area contributed by atoms with Crippen LogP contribution in [0.2, 0.25) is 0 Å². The van der Waals surface area contributed by atoms with Crippen LogP contribution >= 0.6 is 0 Å². The van der Waals surface area contributed by atoms with E-state index in [4.69, 9.17) is 5.73 Å². The highest BCUT2D eigenvalue weighted by Gasteiger charge is 1.99. The molecule has 0 saturated heterocycles. The van der Waals surface area contributed by atoms with Crippen molar-refractivity contribution in [2.45, 2.75) is 52.4 Å². The van der Waals surface area contributed by atoms with Gasteiger partial charge in [0.15, 0.2) is 0 Å². The Hall–Kier alpha value is -1.55. The Kier molecular flexibility index (Phi) is 12.4. The van der Waals surface area contributed by atoms with Crippen molar-refractivity contribution in [2.24, 2.45) is 5.73 Å². The van der Waals surface area contributed by atoms with Gasteiger partial charge in [-0.3, -0.25) is 0 Å². The summed E-state index contributed by atoms with van der Waals surface area (Å²) in [7, 11) is 1.61. The van der Waals surface area contributed by atoms with Crippen molar-refractivity contribution >= 4 is 11.7 Å². The summed E-state index contributed by atoms with van der Waals surface area (Å²) < 4.78 is 0. The average Bonchev–Trinajstić information content (AvgIpc) is 2.49.